The highest BCUT2D eigenvalue weighted by Crippen LogP contribution is 2.19. The molecule has 1 atom stereocenters. The first-order valence-corrected chi connectivity index (χ1v) is 35.3. The molecule has 6 heteroatoms. The van der Waals surface area contributed by atoms with Gasteiger partial charge in [-0.15, -0.1) is 0 Å². The summed E-state index contributed by atoms with van der Waals surface area (Å²) in [5.74, 6) is -0.931. The van der Waals surface area contributed by atoms with E-state index in [1.165, 1.54) is 250 Å². The number of esters is 3. The van der Waals surface area contributed by atoms with Gasteiger partial charge in [-0.05, 0) is 57.8 Å². The summed E-state index contributed by atoms with van der Waals surface area (Å²) in [6.45, 7) is 6.53. The fourth-order valence-electron chi connectivity index (χ4n) is 10.5. The van der Waals surface area contributed by atoms with Gasteiger partial charge in [-0.2, -0.15) is 0 Å². The Balaban J connectivity index is 4.13. The molecule has 466 valence electrons. The zero-order valence-corrected chi connectivity index (χ0v) is 53.6. The van der Waals surface area contributed by atoms with E-state index >= 15 is 0 Å². The van der Waals surface area contributed by atoms with Gasteiger partial charge in [0.25, 0.3) is 0 Å². The van der Waals surface area contributed by atoms with Crippen LogP contribution in [0.3, 0.4) is 0 Å². The standard InChI is InChI=1S/C74H134O6/c1-4-7-10-13-16-19-22-25-27-29-30-31-32-33-34-35-36-37-38-39-40-41-42-43-44-46-47-49-52-55-58-61-64-67-73(76)79-70-71(69-78-72(75)66-63-60-57-54-51-24-21-18-15-12-9-6-3)80-74(77)68-65-62-59-56-53-50-48-45-28-26-23-20-17-14-11-8-5-2/h8,11,17,20,26,28,48,50,56,59,71H,4-7,9-10,12-16,18-19,21-25,27,29-47,49,51-55,57-58,60-70H2,1-3H3/b11-8-,20-17-,28-26-,50-48-,59-56-. The molecule has 0 aromatic heterocycles. The van der Waals surface area contributed by atoms with Crippen LogP contribution in [0.5, 0.6) is 0 Å². The SMILES string of the molecule is CC/C=C\C/C=C\C/C=C\C/C=C\C/C=C\CCCC(=O)OC(COC(=O)CCCCCCCCCCCCCC)COC(=O)CCCCCCCCCCCCCCCCCCCCCCCCCCCCCCCCCCC. The minimum absolute atomic E-state index is 0.0924. The molecule has 0 fully saturated rings. The van der Waals surface area contributed by atoms with Crippen LogP contribution in [0.2, 0.25) is 0 Å². The molecule has 0 radical (unpaired) electrons. The minimum atomic E-state index is -0.802. The largest absolute Gasteiger partial charge is 0.462 e. The van der Waals surface area contributed by atoms with Crippen LogP contribution in [0.4, 0.5) is 0 Å². The minimum Gasteiger partial charge on any atom is -0.462 e. The molecule has 0 aromatic rings. The third-order valence-electron chi connectivity index (χ3n) is 15.8. The molecule has 0 aromatic carbocycles. The zero-order chi connectivity index (χ0) is 57.8. The van der Waals surface area contributed by atoms with Crippen molar-refractivity contribution < 1.29 is 28.6 Å². The van der Waals surface area contributed by atoms with Crippen LogP contribution in [-0.2, 0) is 28.6 Å². The number of unbranched alkanes of at least 4 members (excludes halogenated alkanes) is 44. The van der Waals surface area contributed by atoms with E-state index in [-0.39, 0.29) is 37.5 Å². The number of rotatable bonds is 65. The predicted octanol–water partition coefficient (Wildman–Crippen LogP) is 24.3. The Bertz CT molecular complexity index is 1430. The first-order chi connectivity index (χ1) is 39.5. The van der Waals surface area contributed by atoms with Gasteiger partial charge in [0.1, 0.15) is 13.2 Å². The molecule has 0 aliphatic carbocycles. The second-order valence-corrected chi connectivity index (χ2v) is 23.8. The average molecular weight is 1120 g/mol. The Morgan fingerprint density at radius 3 is 0.750 bits per heavy atom. The fourth-order valence-corrected chi connectivity index (χ4v) is 10.5. The summed E-state index contributed by atoms with van der Waals surface area (Å²) >= 11 is 0. The Morgan fingerprint density at radius 1 is 0.263 bits per heavy atom. The molecule has 1 unspecified atom stereocenters. The summed E-state index contributed by atoms with van der Waals surface area (Å²) in [4.78, 5) is 38.3. The van der Waals surface area contributed by atoms with Crippen molar-refractivity contribution in [1.29, 1.82) is 0 Å². The molecule has 0 amide bonds. The number of allylic oxidation sites excluding steroid dienone is 10. The van der Waals surface area contributed by atoms with Gasteiger partial charge in [0.05, 0.1) is 0 Å². The van der Waals surface area contributed by atoms with Crippen LogP contribution in [0.25, 0.3) is 0 Å². The molecule has 0 N–H and O–H groups in total. The van der Waals surface area contributed by atoms with Crippen molar-refractivity contribution in [2.75, 3.05) is 13.2 Å². The highest BCUT2D eigenvalue weighted by atomic mass is 16.6. The van der Waals surface area contributed by atoms with Gasteiger partial charge in [0, 0.05) is 19.3 Å². The van der Waals surface area contributed by atoms with Crippen LogP contribution in [0.15, 0.2) is 60.8 Å². The van der Waals surface area contributed by atoms with E-state index in [0.29, 0.717) is 19.3 Å². The number of hydrogen-bond acceptors (Lipinski definition) is 6. The molecule has 0 rings (SSSR count). The van der Waals surface area contributed by atoms with Gasteiger partial charge in [0.2, 0.25) is 0 Å². The topological polar surface area (TPSA) is 78.9 Å². The lowest BCUT2D eigenvalue weighted by atomic mass is 10.0. The van der Waals surface area contributed by atoms with E-state index in [1.807, 2.05) is 0 Å². The highest BCUT2D eigenvalue weighted by Gasteiger charge is 2.19. The second-order valence-electron chi connectivity index (χ2n) is 23.8. The monoisotopic (exact) mass is 1120 g/mol. The predicted molar refractivity (Wildman–Crippen MR) is 348 cm³/mol. The molecule has 0 saturated heterocycles. The van der Waals surface area contributed by atoms with E-state index in [0.717, 1.165) is 77.0 Å². The highest BCUT2D eigenvalue weighted by molar-refractivity contribution is 5.71. The van der Waals surface area contributed by atoms with Gasteiger partial charge < -0.3 is 14.2 Å². The van der Waals surface area contributed by atoms with Gasteiger partial charge in [-0.3, -0.25) is 14.4 Å². The zero-order valence-electron chi connectivity index (χ0n) is 53.6. The summed E-state index contributed by atoms with van der Waals surface area (Å²) in [5, 5.41) is 0. The van der Waals surface area contributed by atoms with Crippen LogP contribution in [0, 0.1) is 0 Å². The van der Waals surface area contributed by atoms with E-state index in [9.17, 15) is 14.4 Å². The van der Waals surface area contributed by atoms with Crippen molar-refractivity contribution in [2.24, 2.45) is 0 Å². The lowest BCUT2D eigenvalue weighted by Crippen LogP contribution is -2.30. The molecule has 80 heavy (non-hydrogen) atoms. The fraction of sp³-hybridized carbons (Fsp3) is 0.824. The van der Waals surface area contributed by atoms with E-state index < -0.39 is 6.10 Å². The van der Waals surface area contributed by atoms with Gasteiger partial charge in [-0.1, -0.05) is 358 Å². The summed E-state index contributed by atoms with van der Waals surface area (Å²) < 4.78 is 16.9. The maximum Gasteiger partial charge on any atom is 0.306 e. The maximum absolute atomic E-state index is 12.9. The number of ether oxygens (including phenoxy) is 3. The third-order valence-corrected chi connectivity index (χ3v) is 15.8. The molecule has 0 heterocycles. The van der Waals surface area contributed by atoms with Crippen LogP contribution in [0.1, 0.15) is 374 Å². The molecule has 0 saturated carbocycles. The van der Waals surface area contributed by atoms with Gasteiger partial charge in [-0.25, -0.2) is 0 Å². The number of carbonyl (C=O) groups excluding carboxylic acids is 3. The molecule has 0 aliphatic rings. The Kier molecular flexibility index (Phi) is 66.1. The summed E-state index contributed by atoms with van der Waals surface area (Å²) in [5.41, 5.74) is 0. The van der Waals surface area contributed by atoms with Crippen molar-refractivity contribution in [3.8, 4) is 0 Å². The summed E-state index contributed by atoms with van der Waals surface area (Å²) in [6.07, 6.45) is 88.6. The summed E-state index contributed by atoms with van der Waals surface area (Å²) in [6, 6.07) is 0. The molecule has 6 nitrogen and oxygen atoms in total. The van der Waals surface area contributed by atoms with Crippen LogP contribution < -0.4 is 0 Å². The normalized spacial score (nSPS) is 12.4. The summed E-state index contributed by atoms with van der Waals surface area (Å²) in [7, 11) is 0. The van der Waals surface area contributed by atoms with Crippen molar-refractivity contribution in [1.82, 2.24) is 0 Å². The molecular formula is C74H134O6. The quantitative estimate of drug-likeness (QED) is 0.0261. The van der Waals surface area contributed by atoms with E-state index in [2.05, 4.69) is 81.5 Å². The third kappa shape index (κ3) is 65.9. The molecular weight excluding hydrogens is 985 g/mol. The number of carbonyl (C=O) groups is 3. The van der Waals surface area contributed by atoms with Crippen LogP contribution >= 0.6 is 0 Å². The second kappa shape index (κ2) is 68.6. The maximum atomic E-state index is 12.9. The Labute approximate surface area is 498 Å². The number of hydrogen-bond donors (Lipinski definition) is 0. The van der Waals surface area contributed by atoms with E-state index in [4.69, 9.17) is 14.2 Å². The van der Waals surface area contributed by atoms with E-state index in [1.54, 1.807) is 0 Å². The molecule has 0 bridgehead atoms. The lowest BCUT2D eigenvalue weighted by Gasteiger charge is -2.18. The van der Waals surface area contributed by atoms with Crippen LogP contribution in [-0.4, -0.2) is 37.2 Å². The van der Waals surface area contributed by atoms with Crippen molar-refractivity contribution >= 4 is 17.9 Å². The first-order valence-electron chi connectivity index (χ1n) is 35.3. The van der Waals surface area contributed by atoms with Gasteiger partial charge in [0.15, 0.2) is 6.10 Å². The molecule has 0 aliphatic heterocycles. The van der Waals surface area contributed by atoms with Crippen molar-refractivity contribution in [3.63, 3.8) is 0 Å². The Morgan fingerprint density at radius 2 is 0.487 bits per heavy atom. The molecule has 0 spiro atoms. The Hall–Kier alpha value is -2.89. The lowest BCUT2D eigenvalue weighted by molar-refractivity contribution is -0.167. The van der Waals surface area contributed by atoms with Crippen molar-refractivity contribution in [2.45, 2.75) is 380 Å². The first kappa shape index (κ1) is 77.1. The average Bonchev–Trinajstić information content (AvgIpc) is 3.46. The smallest absolute Gasteiger partial charge is 0.306 e. The van der Waals surface area contributed by atoms with Gasteiger partial charge >= 0.3 is 17.9 Å². The van der Waals surface area contributed by atoms with Crippen molar-refractivity contribution in [3.05, 3.63) is 60.8 Å².